The molecule has 0 bridgehead atoms. The molecule has 1 unspecified atom stereocenters. The molecule has 5 rings (SSSR count). The Morgan fingerprint density at radius 1 is 1.09 bits per heavy atom. The van der Waals surface area contributed by atoms with Gasteiger partial charge < -0.3 is 28.6 Å². The van der Waals surface area contributed by atoms with Crippen LogP contribution in [0.15, 0.2) is 36.4 Å². The van der Waals surface area contributed by atoms with E-state index in [1.54, 1.807) is 21.1 Å². The Morgan fingerprint density at radius 3 is 2.59 bits per heavy atom. The van der Waals surface area contributed by atoms with Gasteiger partial charge in [0.25, 0.3) is 0 Å². The zero-order chi connectivity index (χ0) is 23.8. The smallest absolute Gasteiger partial charge is 0.307 e. The van der Waals surface area contributed by atoms with Crippen LogP contribution < -0.4 is 29.2 Å². The maximum absolute atomic E-state index is 12.0. The van der Waals surface area contributed by atoms with Crippen LogP contribution in [0.1, 0.15) is 25.1 Å². The van der Waals surface area contributed by atoms with Crippen molar-refractivity contribution in [2.24, 2.45) is 0 Å². The first-order valence-corrected chi connectivity index (χ1v) is 11.3. The molecule has 3 aromatic rings. The summed E-state index contributed by atoms with van der Waals surface area (Å²) >= 11 is 0. The second-order valence-corrected chi connectivity index (χ2v) is 8.17. The number of esters is 1. The van der Waals surface area contributed by atoms with E-state index < -0.39 is 0 Å². The molecule has 2 aliphatic heterocycles. The van der Waals surface area contributed by atoms with Crippen LogP contribution in [0.5, 0.6) is 23.0 Å². The van der Waals surface area contributed by atoms with E-state index in [0.717, 1.165) is 44.6 Å². The number of hydrogen-bond donors (Lipinski definition) is 1. The molecule has 0 aromatic heterocycles. The Balaban J connectivity index is 1.66. The molecule has 8 nitrogen and oxygen atoms in total. The lowest BCUT2D eigenvalue weighted by Crippen LogP contribution is -2.40. The topological polar surface area (TPSA) is 78.5 Å². The average Bonchev–Trinajstić information content (AvgIpc) is 3.30. The average molecular weight is 465 g/mol. The molecule has 2 aliphatic rings. The lowest BCUT2D eigenvalue weighted by atomic mass is 9.88. The van der Waals surface area contributed by atoms with Gasteiger partial charge in [0, 0.05) is 30.1 Å². The second-order valence-electron chi connectivity index (χ2n) is 8.17. The molecule has 0 saturated carbocycles. The Hall–Kier alpha value is -3.65. The van der Waals surface area contributed by atoms with Crippen molar-refractivity contribution < 1.29 is 28.5 Å². The summed E-state index contributed by atoms with van der Waals surface area (Å²) in [5.74, 6) is 2.57. The van der Waals surface area contributed by atoms with Crippen LogP contribution in [0.3, 0.4) is 0 Å². The first-order chi connectivity index (χ1) is 16.6. The molecule has 34 heavy (non-hydrogen) atoms. The number of benzene rings is 3. The van der Waals surface area contributed by atoms with E-state index in [1.807, 2.05) is 25.2 Å². The van der Waals surface area contributed by atoms with E-state index in [9.17, 15) is 4.79 Å². The highest BCUT2D eigenvalue weighted by Crippen LogP contribution is 2.52. The van der Waals surface area contributed by atoms with Gasteiger partial charge in [0.1, 0.15) is 6.17 Å². The van der Waals surface area contributed by atoms with Crippen LogP contribution in [-0.4, -0.2) is 47.2 Å². The molecule has 0 radical (unpaired) electrons. The van der Waals surface area contributed by atoms with E-state index >= 15 is 0 Å². The summed E-state index contributed by atoms with van der Waals surface area (Å²) in [6.07, 6.45) is -0.000980. The minimum Gasteiger partial charge on any atom is -0.493 e. The van der Waals surface area contributed by atoms with Gasteiger partial charge in [-0.25, -0.2) is 0 Å². The number of carbonyl (C=O) groups excluding carboxylic acids is 1. The normalized spacial score (nSPS) is 15.6. The predicted molar refractivity (Wildman–Crippen MR) is 129 cm³/mol. The number of anilines is 1. The molecular weight excluding hydrogens is 436 g/mol. The van der Waals surface area contributed by atoms with Gasteiger partial charge in [0.2, 0.25) is 6.79 Å². The third-order valence-electron chi connectivity index (χ3n) is 6.34. The van der Waals surface area contributed by atoms with Crippen LogP contribution in [-0.2, 0) is 9.53 Å². The summed E-state index contributed by atoms with van der Waals surface area (Å²) in [6.45, 7) is 2.84. The standard InChI is InChI=1S/C26H28N2O6/c1-5-32-22(29)10-11-27-26-23-16(8-9-19(30-3)25(23)31-4)17-7-6-15-12-20-21(34-14-33-20)13-18(15)24(17)28(26)2/h6-9,12-13,26-27H,5,10-11,14H2,1-4H3. The Labute approximate surface area is 198 Å². The number of fused-ring (bicyclic) bond motifs is 6. The van der Waals surface area contributed by atoms with E-state index in [-0.39, 0.29) is 25.3 Å². The number of rotatable bonds is 7. The van der Waals surface area contributed by atoms with Crippen molar-refractivity contribution in [3.63, 3.8) is 0 Å². The Kier molecular flexibility index (Phi) is 5.83. The maximum atomic E-state index is 12.0. The van der Waals surface area contributed by atoms with Crippen LogP contribution in [0, 0.1) is 0 Å². The molecule has 8 heteroatoms. The van der Waals surface area contributed by atoms with Crippen molar-refractivity contribution in [2.45, 2.75) is 19.5 Å². The molecule has 0 fully saturated rings. The Bertz CT molecular complexity index is 1260. The van der Waals surface area contributed by atoms with Gasteiger partial charge in [-0.2, -0.15) is 0 Å². The quantitative estimate of drug-likeness (QED) is 0.520. The fourth-order valence-electron chi connectivity index (χ4n) is 4.86. The van der Waals surface area contributed by atoms with E-state index in [1.165, 1.54) is 0 Å². The van der Waals surface area contributed by atoms with Crippen LogP contribution in [0.2, 0.25) is 0 Å². The summed E-state index contributed by atoms with van der Waals surface area (Å²) in [6, 6.07) is 12.2. The monoisotopic (exact) mass is 464 g/mol. The highest BCUT2D eigenvalue weighted by Gasteiger charge is 2.34. The highest BCUT2D eigenvalue weighted by atomic mass is 16.7. The van der Waals surface area contributed by atoms with Crippen molar-refractivity contribution in [1.82, 2.24) is 5.32 Å². The molecular formula is C26H28N2O6. The van der Waals surface area contributed by atoms with Gasteiger partial charge in [0.15, 0.2) is 23.0 Å². The molecule has 1 atom stereocenters. The van der Waals surface area contributed by atoms with Gasteiger partial charge in [-0.05, 0) is 42.1 Å². The zero-order valence-electron chi connectivity index (χ0n) is 19.8. The SMILES string of the molecule is CCOC(=O)CCNC1c2c(ccc(OC)c2OC)-c2ccc3cc4c(cc3c2N1C)OCO4. The summed E-state index contributed by atoms with van der Waals surface area (Å²) in [5.41, 5.74) is 4.14. The predicted octanol–water partition coefficient (Wildman–Crippen LogP) is 4.24. The van der Waals surface area contributed by atoms with E-state index in [0.29, 0.717) is 24.7 Å². The number of nitrogens with one attached hydrogen (secondary N) is 1. The van der Waals surface area contributed by atoms with Gasteiger partial charge in [-0.3, -0.25) is 10.1 Å². The lowest BCUT2D eigenvalue weighted by Gasteiger charge is -2.40. The summed E-state index contributed by atoms with van der Waals surface area (Å²) in [5, 5.41) is 5.65. The fourth-order valence-corrected chi connectivity index (χ4v) is 4.86. The highest BCUT2D eigenvalue weighted by molar-refractivity contribution is 6.05. The molecule has 0 saturated heterocycles. The number of methoxy groups -OCH3 is 2. The summed E-state index contributed by atoms with van der Waals surface area (Å²) < 4.78 is 27.8. The first-order valence-electron chi connectivity index (χ1n) is 11.3. The third-order valence-corrected chi connectivity index (χ3v) is 6.34. The van der Waals surface area contributed by atoms with E-state index in [4.69, 9.17) is 23.7 Å². The number of carbonyl (C=O) groups is 1. The molecule has 0 spiro atoms. The van der Waals surface area contributed by atoms with Gasteiger partial charge >= 0.3 is 5.97 Å². The molecule has 178 valence electrons. The molecule has 2 heterocycles. The zero-order valence-corrected chi connectivity index (χ0v) is 19.8. The van der Waals surface area contributed by atoms with Crippen molar-refractivity contribution in [3.05, 3.63) is 42.0 Å². The molecule has 1 N–H and O–H groups in total. The van der Waals surface area contributed by atoms with Crippen molar-refractivity contribution >= 4 is 22.4 Å². The van der Waals surface area contributed by atoms with Gasteiger partial charge in [0.05, 0.1) is 32.9 Å². The first kappa shape index (κ1) is 22.2. The largest absolute Gasteiger partial charge is 0.493 e. The van der Waals surface area contributed by atoms with Gasteiger partial charge in [-0.1, -0.05) is 12.1 Å². The number of nitrogens with zero attached hydrogens (tertiary/aromatic N) is 1. The van der Waals surface area contributed by atoms with Crippen LogP contribution in [0.4, 0.5) is 5.69 Å². The summed E-state index contributed by atoms with van der Waals surface area (Å²) in [4.78, 5) is 14.1. The minimum atomic E-state index is -0.266. The number of hydrogen-bond acceptors (Lipinski definition) is 8. The van der Waals surface area contributed by atoms with E-state index in [2.05, 4.69) is 28.4 Å². The van der Waals surface area contributed by atoms with Crippen molar-refractivity contribution in [1.29, 1.82) is 0 Å². The third kappa shape index (κ3) is 3.54. The molecule has 0 amide bonds. The Morgan fingerprint density at radius 2 is 1.85 bits per heavy atom. The summed E-state index contributed by atoms with van der Waals surface area (Å²) in [7, 11) is 5.31. The lowest BCUT2D eigenvalue weighted by molar-refractivity contribution is -0.143. The van der Waals surface area contributed by atoms with Gasteiger partial charge in [-0.15, -0.1) is 0 Å². The van der Waals surface area contributed by atoms with Crippen molar-refractivity contribution in [2.75, 3.05) is 46.1 Å². The van der Waals surface area contributed by atoms with Crippen LogP contribution in [0.25, 0.3) is 21.9 Å². The molecule has 0 aliphatic carbocycles. The number of ether oxygens (including phenoxy) is 5. The minimum absolute atomic E-state index is 0.224. The fraction of sp³-hybridized carbons (Fsp3) is 0.346. The van der Waals surface area contributed by atoms with Crippen molar-refractivity contribution in [3.8, 4) is 34.1 Å². The van der Waals surface area contributed by atoms with Crippen LogP contribution >= 0.6 is 0 Å². The second kappa shape index (κ2) is 8.95. The molecule has 3 aromatic carbocycles. The maximum Gasteiger partial charge on any atom is 0.307 e.